The van der Waals surface area contributed by atoms with Gasteiger partial charge < -0.3 is 14.8 Å². The number of halogens is 1. The normalized spacial score (nSPS) is 10.2. The maximum absolute atomic E-state index is 13.6. The quantitative estimate of drug-likeness (QED) is 0.590. The second-order valence-electron chi connectivity index (χ2n) is 6.20. The van der Waals surface area contributed by atoms with Gasteiger partial charge in [-0.1, -0.05) is 54.6 Å². The molecule has 3 aromatic carbocycles. The highest BCUT2D eigenvalue weighted by Crippen LogP contribution is 2.15. The Morgan fingerprint density at radius 2 is 1.48 bits per heavy atom. The molecule has 6 heteroatoms. The molecule has 3 aromatic rings. The number of hydrogen-bond acceptors (Lipinski definition) is 4. The molecule has 1 N–H and O–H groups in total. The van der Waals surface area contributed by atoms with E-state index in [1.165, 1.54) is 6.07 Å². The Bertz CT molecular complexity index is 975. The molecule has 5 nitrogen and oxygen atoms in total. The van der Waals surface area contributed by atoms with Crippen molar-refractivity contribution in [1.82, 2.24) is 5.32 Å². The molecule has 0 aliphatic heterocycles. The van der Waals surface area contributed by atoms with Crippen molar-refractivity contribution in [1.29, 1.82) is 0 Å². The Hall–Kier alpha value is -3.67. The molecule has 0 saturated heterocycles. The van der Waals surface area contributed by atoms with Crippen LogP contribution in [0.2, 0.25) is 0 Å². The first-order valence-corrected chi connectivity index (χ1v) is 9.06. The van der Waals surface area contributed by atoms with E-state index in [2.05, 4.69) is 5.32 Å². The van der Waals surface area contributed by atoms with E-state index in [-0.39, 0.29) is 13.2 Å². The molecule has 0 unspecified atom stereocenters. The molecule has 0 fully saturated rings. The van der Waals surface area contributed by atoms with Crippen molar-refractivity contribution in [2.45, 2.75) is 13.2 Å². The Morgan fingerprint density at radius 3 is 2.24 bits per heavy atom. The summed E-state index contributed by atoms with van der Waals surface area (Å²) < 4.78 is 24.4. The Kier molecular flexibility index (Phi) is 6.95. The topological polar surface area (TPSA) is 64.6 Å². The van der Waals surface area contributed by atoms with Crippen LogP contribution < -0.4 is 10.1 Å². The van der Waals surface area contributed by atoms with Gasteiger partial charge in [0, 0.05) is 17.7 Å². The van der Waals surface area contributed by atoms with Crippen LogP contribution in [0.5, 0.6) is 5.75 Å². The summed E-state index contributed by atoms with van der Waals surface area (Å²) >= 11 is 0. The summed E-state index contributed by atoms with van der Waals surface area (Å²) in [6.45, 7) is -0.250. The summed E-state index contributed by atoms with van der Waals surface area (Å²) in [6.07, 6.45) is 0. The van der Waals surface area contributed by atoms with Crippen molar-refractivity contribution in [3.05, 3.63) is 101 Å². The summed E-state index contributed by atoms with van der Waals surface area (Å²) in [6, 6.07) is 22.3. The first kappa shape index (κ1) is 20.1. The van der Waals surface area contributed by atoms with E-state index in [1.54, 1.807) is 42.5 Å². The number of amides is 1. The zero-order chi connectivity index (χ0) is 20.5. The first-order chi connectivity index (χ1) is 14.1. The third-order valence-electron chi connectivity index (χ3n) is 4.14. The summed E-state index contributed by atoms with van der Waals surface area (Å²) in [5.41, 5.74) is 1.33. The van der Waals surface area contributed by atoms with Gasteiger partial charge in [-0.25, -0.2) is 9.18 Å². The molecule has 0 atom stereocenters. The Labute approximate surface area is 168 Å². The van der Waals surface area contributed by atoms with Crippen LogP contribution in [-0.4, -0.2) is 18.5 Å². The van der Waals surface area contributed by atoms with Gasteiger partial charge in [-0.2, -0.15) is 0 Å². The fourth-order valence-corrected chi connectivity index (χ4v) is 2.62. The van der Waals surface area contributed by atoms with Crippen molar-refractivity contribution in [3.63, 3.8) is 0 Å². The lowest BCUT2D eigenvalue weighted by atomic mass is 10.1. The van der Waals surface area contributed by atoms with Crippen molar-refractivity contribution in [3.8, 4) is 5.75 Å². The van der Waals surface area contributed by atoms with Crippen LogP contribution >= 0.6 is 0 Å². The van der Waals surface area contributed by atoms with Crippen LogP contribution in [0.1, 0.15) is 21.5 Å². The van der Waals surface area contributed by atoms with Crippen LogP contribution in [0.3, 0.4) is 0 Å². The maximum Gasteiger partial charge on any atom is 0.339 e. The fourth-order valence-electron chi connectivity index (χ4n) is 2.62. The van der Waals surface area contributed by atoms with E-state index >= 15 is 0 Å². The summed E-state index contributed by atoms with van der Waals surface area (Å²) in [4.78, 5) is 24.3. The molecule has 0 radical (unpaired) electrons. The number of hydrogen-bond donors (Lipinski definition) is 1. The number of esters is 1. The average molecular weight is 393 g/mol. The molecule has 0 aromatic heterocycles. The molecule has 1 amide bonds. The molecule has 0 aliphatic rings. The standard InChI is InChI=1S/C23H20FNO4/c24-21-13-7-5-8-17(21)14-25-22(26)16-29-23(27)20-12-6-4-9-18(20)15-28-19-10-2-1-3-11-19/h1-13H,14-16H2,(H,25,26). The van der Waals surface area contributed by atoms with Crippen molar-refractivity contribution < 1.29 is 23.5 Å². The lowest BCUT2D eigenvalue weighted by Gasteiger charge is -2.11. The predicted octanol–water partition coefficient (Wildman–Crippen LogP) is 3.88. The highest BCUT2D eigenvalue weighted by molar-refractivity contribution is 5.92. The van der Waals surface area contributed by atoms with Crippen molar-refractivity contribution in [2.75, 3.05) is 6.61 Å². The molecule has 0 heterocycles. The minimum atomic E-state index is -0.627. The van der Waals surface area contributed by atoms with Crippen LogP contribution in [0.4, 0.5) is 4.39 Å². The third-order valence-corrected chi connectivity index (χ3v) is 4.14. The van der Waals surface area contributed by atoms with E-state index in [0.29, 0.717) is 22.4 Å². The monoisotopic (exact) mass is 393 g/mol. The van der Waals surface area contributed by atoms with Gasteiger partial charge in [0.1, 0.15) is 18.2 Å². The molecule has 0 spiro atoms. The largest absolute Gasteiger partial charge is 0.489 e. The van der Waals surface area contributed by atoms with Gasteiger partial charge in [-0.15, -0.1) is 0 Å². The fraction of sp³-hybridized carbons (Fsp3) is 0.130. The first-order valence-electron chi connectivity index (χ1n) is 9.06. The van der Waals surface area contributed by atoms with E-state index in [1.807, 2.05) is 30.3 Å². The lowest BCUT2D eigenvalue weighted by Crippen LogP contribution is -2.28. The van der Waals surface area contributed by atoms with Crippen molar-refractivity contribution in [2.24, 2.45) is 0 Å². The van der Waals surface area contributed by atoms with Crippen LogP contribution in [0.15, 0.2) is 78.9 Å². The number of carbonyl (C=O) groups excluding carboxylic acids is 2. The Balaban J connectivity index is 1.52. The summed E-state index contributed by atoms with van der Waals surface area (Å²) in [5, 5.41) is 2.53. The molecule has 0 aliphatic carbocycles. The molecule has 0 saturated carbocycles. The lowest BCUT2D eigenvalue weighted by molar-refractivity contribution is -0.124. The van der Waals surface area contributed by atoms with E-state index in [0.717, 1.165) is 0 Å². The number of nitrogens with one attached hydrogen (secondary N) is 1. The van der Waals surface area contributed by atoms with Gasteiger partial charge >= 0.3 is 5.97 Å². The van der Waals surface area contributed by atoms with Crippen LogP contribution in [0.25, 0.3) is 0 Å². The second kappa shape index (κ2) is 10.0. The number of rotatable bonds is 8. The highest BCUT2D eigenvalue weighted by atomic mass is 19.1. The van der Waals surface area contributed by atoms with Gasteiger partial charge in [0.2, 0.25) is 0 Å². The van der Waals surface area contributed by atoms with Crippen molar-refractivity contribution >= 4 is 11.9 Å². The van der Waals surface area contributed by atoms with Gasteiger partial charge in [0.05, 0.1) is 5.56 Å². The SMILES string of the molecule is O=C(COC(=O)c1ccccc1COc1ccccc1)NCc1ccccc1F. The minimum absolute atomic E-state index is 0.0184. The summed E-state index contributed by atoms with van der Waals surface area (Å²) in [7, 11) is 0. The molecular formula is C23H20FNO4. The van der Waals surface area contributed by atoms with Gasteiger partial charge in [-0.3, -0.25) is 4.79 Å². The molecule has 148 valence electrons. The number of carbonyl (C=O) groups is 2. The maximum atomic E-state index is 13.6. The van der Waals surface area contributed by atoms with Crippen LogP contribution in [-0.2, 0) is 22.7 Å². The average Bonchev–Trinajstić information content (AvgIpc) is 2.76. The Morgan fingerprint density at radius 1 is 0.828 bits per heavy atom. The molecular weight excluding hydrogens is 373 g/mol. The van der Waals surface area contributed by atoms with Crippen LogP contribution in [0, 0.1) is 5.82 Å². The zero-order valence-corrected chi connectivity index (χ0v) is 15.6. The number of para-hydroxylation sites is 1. The number of ether oxygens (including phenoxy) is 2. The predicted molar refractivity (Wildman–Crippen MR) is 106 cm³/mol. The van der Waals surface area contributed by atoms with E-state index in [9.17, 15) is 14.0 Å². The summed E-state index contributed by atoms with van der Waals surface area (Å²) in [5.74, 6) is -0.863. The van der Waals surface area contributed by atoms with Gasteiger partial charge in [0.25, 0.3) is 5.91 Å². The van der Waals surface area contributed by atoms with E-state index < -0.39 is 24.3 Å². The zero-order valence-electron chi connectivity index (χ0n) is 15.6. The highest BCUT2D eigenvalue weighted by Gasteiger charge is 2.15. The third kappa shape index (κ3) is 5.90. The molecule has 29 heavy (non-hydrogen) atoms. The smallest absolute Gasteiger partial charge is 0.339 e. The molecule has 3 rings (SSSR count). The van der Waals surface area contributed by atoms with E-state index in [4.69, 9.17) is 9.47 Å². The second-order valence-corrected chi connectivity index (χ2v) is 6.20. The van der Waals surface area contributed by atoms with Gasteiger partial charge in [0.15, 0.2) is 6.61 Å². The minimum Gasteiger partial charge on any atom is -0.489 e. The number of benzene rings is 3. The molecule has 0 bridgehead atoms. The van der Waals surface area contributed by atoms with Gasteiger partial charge in [-0.05, 0) is 24.3 Å².